The van der Waals surface area contributed by atoms with Gasteiger partial charge in [0.25, 0.3) is 0 Å². The quantitative estimate of drug-likeness (QED) is 0.684. The fourth-order valence-corrected chi connectivity index (χ4v) is 1.79. The molecule has 0 aliphatic heterocycles. The fourth-order valence-electron chi connectivity index (χ4n) is 1.03. The van der Waals surface area contributed by atoms with Gasteiger partial charge in [-0.3, -0.25) is 0 Å². The summed E-state index contributed by atoms with van der Waals surface area (Å²) in [5.74, 6) is 0. The Balaban J connectivity index is 2.33. The lowest BCUT2D eigenvalue weighted by molar-refractivity contribution is 0.718. The Morgan fingerprint density at radius 2 is 2.42 bits per heavy atom. The Labute approximate surface area is 82.8 Å². The van der Waals surface area contributed by atoms with E-state index in [-0.39, 0.29) is 0 Å². The predicted octanol–water partition coefficient (Wildman–Crippen LogP) is 3.40. The summed E-state index contributed by atoms with van der Waals surface area (Å²) in [6, 6.07) is 0. The van der Waals surface area contributed by atoms with Gasteiger partial charge in [-0.2, -0.15) is 0 Å². The van der Waals surface area contributed by atoms with Gasteiger partial charge < -0.3 is 0 Å². The van der Waals surface area contributed by atoms with Crippen LogP contribution in [0.4, 0.5) is 0 Å². The molecule has 1 aromatic rings. The van der Waals surface area contributed by atoms with Gasteiger partial charge >= 0.3 is 0 Å². The summed E-state index contributed by atoms with van der Waals surface area (Å²) in [7, 11) is 0. The van der Waals surface area contributed by atoms with Crippen LogP contribution in [0.1, 0.15) is 30.5 Å². The highest BCUT2D eigenvalue weighted by Gasteiger charge is 2.03. The van der Waals surface area contributed by atoms with Crippen molar-refractivity contribution in [2.45, 2.75) is 38.5 Å². The van der Waals surface area contributed by atoms with Gasteiger partial charge in [0, 0.05) is 10.8 Å². The normalized spacial score (nSPS) is 13.2. The topological polar surface area (TPSA) is 12.9 Å². The standard InChI is InChI=1S/C9H14ClNS/c1-3-8(10)4-5-9-6-12-7(2)11-9/h6,8H,3-5H2,1-2H3. The third-order valence-electron chi connectivity index (χ3n) is 1.82. The minimum Gasteiger partial charge on any atom is -0.247 e. The van der Waals surface area contributed by atoms with Crippen molar-refractivity contribution in [2.75, 3.05) is 0 Å². The van der Waals surface area contributed by atoms with Gasteiger partial charge in [0.15, 0.2) is 0 Å². The molecule has 1 nitrogen and oxygen atoms in total. The Morgan fingerprint density at radius 1 is 1.67 bits per heavy atom. The van der Waals surface area contributed by atoms with E-state index < -0.39 is 0 Å². The first-order valence-electron chi connectivity index (χ1n) is 4.27. The van der Waals surface area contributed by atoms with Crippen molar-refractivity contribution in [1.29, 1.82) is 0 Å². The van der Waals surface area contributed by atoms with Crippen LogP contribution in [0.2, 0.25) is 0 Å². The number of rotatable bonds is 4. The molecular weight excluding hydrogens is 190 g/mol. The second-order valence-electron chi connectivity index (χ2n) is 2.90. The van der Waals surface area contributed by atoms with E-state index in [1.807, 2.05) is 6.92 Å². The van der Waals surface area contributed by atoms with Crippen LogP contribution in [0.3, 0.4) is 0 Å². The molecule has 0 saturated heterocycles. The lowest BCUT2D eigenvalue weighted by Crippen LogP contribution is -1.98. The first kappa shape index (κ1) is 10.0. The molecular formula is C9H14ClNS. The zero-order valence-electron chi connectivity index (χ0n) is 7.51. The van der Waals surface area contributed by atoms with Crippen molar-refractivity contribution in [2.24, 2.45) is 0 Å². The molecule has 1 rings (SSSR count). The molecule has 68 valence electrons. The lowest BCUT2D eigenvalue weighted by Gasteiger charge is -2.02. The minimum atomic E-state index is 0.312. The van der Waals surface area contributed by atoms with Gasteiger partial charge in [0.05, 0.1) is 10.7 Å². The summed E-state index contributed by atoms with van der Waals surface area (Å²) in [6.07, 6.45) is 3.11. The molecule has 1 unspecified atom stereocenters. The number of thiazole rings is 1. The molecule has 0 fully saturated rings. The third kappa shape index (κ3) is 3.11. The molecule has 0 saturated carbocycles. The molecule has 0 aliphatic carbocycles. The van der Waals surface area contributed by atoms with Gasteiger partial charge in [0.1, 0.15) is 0 Å². The van der Waals surface area contributed by atoms with Crippen LogP contribution < -0.4 is 0 Å². The van der Waals surface area contributed by atoms with E-state index in [4.69, 9.17) is 11.6 Å². The number of nitrogens with zero attached hydrogens (tertiary/aromatic N) is 1. The van der Waals surface area contributed by atoms with Crippen LogP contribution in [0, 0.1) is 6.92 Å². The van der Waals surface area contributed by atoms with E-state index in [1.54, 1.807) is 11.3 Å². The van der Waals surface area contributed by atoms with E-state index in [0.717, 1.165) is 24.3 Å². The highest BCUT2D eigenvalue weighted by molar-refractivity contribution is 7.09. The highest BCUT2D eigenvalue weighted by atomic mass is 35.5. The molecule has 1 heterocycles. The SMILES string of the molecule is CCC(Cl)CCc1csc(C)n1. The number of hydrogen-bond acceptors (Lipinski definition) is 2. The van der Waals surface area contributed by atoms with Gasteiger partial charge in [-0.15, -0.1) is 22.9 Å². The summed E-state index contributed by atoms with van der Waals surface area (Å²) < 4.78 is 0. The summed E-state index contributed by atoms with van der Waals surface area (Å²) in [5.41, 5.74) is 1.19. The zero-order chi connectivity index (χ0) is 8.97. The van der Waals surface area contributed by atoms with Crippen LogP contribution in [0.15, 0.2) is 5.38 Å². The molecule has 3 heteroatoms. The molecule has 0 bridgehead atoms. The molecule has 0 amide bonds. The molecule has 12 heavy (non-hydrogen) atoms. The summed E-state index contributed by atoms with van der Waals surface area (Å²) in [6.45, 7) is 4.15. The second kappa shape index (κ2) is 4.83. The molecule has 0 spiro atoms. The third-order valence-corrected chi connectivity index (χ3v) is 3.17. The van der Waals surface area contributed by atoms with Crippen molar-refractivity contribution in [3.8, 4) is 0 Å². The minimum absolute atomic E-state index is 0.312. The van der Waals surface area contributed by atoms with E-state index in [1.165, 1.54) is 5.69 Å². The maximum atomic E-state index is 6.00. The zero-order valence-corrected chi connectivity index (χ0v) is 9.08. The van der Waals surface area contributed by atoms with Crippen LogP contribution >= 0.6 is 22.9 Å². The largest absolute Gasteiger partial charge is 0.247 e. The Hall–Kier alpha value is -0.0800. The van der Waals surface area contributed by atoms with E-state index in [0.29, 0.717) is 5.38 Å². The molecule has 0 radical (unpaired) electrons. The van der Waals surface area contributed by atoms with Crippen LogP contribution in [0.5, 0.6) is 0 Å². The van der Waals surface area contributed by atoms with Crippen LogP contribution in [-0.4, -0.2) is 10.4 Å². The van der Waals surface area contributed by atoms with Gasteiger partial charge in [0.2, 0.25) is 0 Å². The first-order chi connectivity index (χ1) is 5.72. The number of aryl methyl sites for hydroxylation is 2. The number of halogens is 1. The number of aromatic nitrogens is 1. The predicted molar refractivity (Wildman–Crippen MR) is 55.1 cm³/mol. The van der Waals surface area contributed by atoms with E-state index in [2.05, 4.69) is 17.3 Å². The maximum Gasteiger partial charge on any atom is 0.0897 e. The van der Waals surface area contributed by atoms with Crippen molar-refractivity contribution >= 4 is 22.9 Å². The van der Waals surface area contributed by atoms with Gasteiger partial charge in [-0.05, 0) is 26.2 Å². The molecule has 1 aromatic heterocycles. The van der Waals surface area contributed by atoms with Crippen molar-refractivity contribution in [3.63, 3.8) is 0 Å². The number of alkyl halides is 1. The molecule has 0 aliphatic rings. The lowest BCUT2D eigenvalue weighted by atomic mass is 10.2. The average molecular weight is 204 g/mol. The van der Waals surface area contributed by atoms with E-state index in [9.17, 15) is 0 Å². The second-order valence-corrected chi connectivity index (χ2v) is 4.58. The number of hydrogen-bond donors (Lipinski definition) is 0. The van der Waals surface area contributed by atoms with Gasteiger partial charge in [-0.25, -0.2) is 4.98 Å². The summed E-state index contributed by atoms with van der Waals surface area (Å²) in [4.78, 5) is 4.38. The summed E-state index contributed by atoms with van der Waals surface area (Å²) >= 11 is 7.71. The van der Waals surface area contributed by atoms with Crippen molar-refractivity contribution in [3.05, 3.63) is 16.1 Å². The Bertz CT molecular complexity index is 234. The molecule has 0 N–H and O–H groups in total. The van der Waals surface area contributed by atoms with Crippen molar-refractivity contribution < 1.29 is 0 Å². The average Bonchev–Trinajstić information content (AvgIpc) is 2.47. The monoisotopic (exact) mass is 203 g/mol. The van der Waals surface area contributed by atoms with Crippen molar-refractivity contribution in [1.82, 2.24) is 4.98 Å². The maximum absolute atomic E-state index is 6.00. The van der Waals surface area contributed by atoms with Gasteiger partial charge in [-0.1, -0.05) is 6.92 Å². The highest BCUT2D eigenvalue weighted by Crippen LogP contribution is 2.14. The van der Waals surface area contributed by atoms with Crippen LogP contribution in [0.25, 0.3) is 0 Å². The smallest absolute Gasteiger partial charge is 0.0897 e. The molecule has 0 aromatic carbocycles. The Kier molecular flexibility index (Phi) is 4.02. The molecule has 1 atom stereocenters. The van der Waals surface area contributed by atoms with Crippen LogP contribution in [-0.2, 0) is 6.42 Å². The Morgan fingerprint density at radius 3 is 2.92 bits per heavy atom. The van der Waals surface area contributed by atoms with E-state index >= 15 is 0 Å². The summed E-state index contributed by atoms with van der Waals surface area (Å²) in [5, 5.41) is 3.58. The fraction of sp³-hybridized carbons (Fsp3) is 0.667. The first-order valence-corrected chi connectivity index (χ1v) is 5.59.